The van der Waals surface area contributed by atoms with E-state index in [0.29, 0.717) is 6.04 Å². The van der Waals surface area contributed by atoms with Gasteiger partial charge in [0.05, 0.1) is 0 Å². The third kappa shape index (κ3) is 5.31. The molecular weight excluding hydrogens is 198 g/mol. The van der Waals surface area contributed by atoms with Crippen molar-refractivity contribution < 1.29 is 0 Å². The van der Waals surface area contributed by atoms with Crippen molar-refractivity contribution in [3.63, 3.8) is 0 Å². The molecule has 1 aromatic heterocycles. The zero-order chi connectivity index (χ0) is 11.8. The molecule has 1 aromatic rings. The molecule has 0 bridgehead atoms. The Hall–Kier alpha value is -0.830. The van der Waals surface area contributed by atoms with E-state index < -0.39 is 0 Å². The topological polar surface area (TPSA) is 40.7 Å². The van der Waals surface area contributed by atoms with Crippen LogP contribution < -0.4 is 5.32 Å². The van der Waals surface area contributed by atoms with Gasteiger partial charge in [-0.15, -0.1) is 0 Å². The summed E-state index contributed by atoms with van der Waals surface area (Å²) in [6, 6.07) is 0.563. The number of H-pyrrole nitrogens is 1. The molecule has 2 N–H and O–H groups in total. The summed E-state index contributed by atoms with van der Waals surface area (Å²) in [5.41, 5.74) is 0. The van der Waals surface area contributed by atoms with E-state index in [4.69, 9.17) is 0 Å². The predicted octanol–water partition coefficient (Wildman–Crippen LogP) is 2.76. The van der Waals surface area contributed by atoms with Crippen LogP contribution in [-0.2, 0) is 6.42 Å². The van der Waals surface area contributed by atoms with Crippen LogP contribution >= 0.6 is 0 Å². The minimum atomic E-state index is 0.563. The maximum atomic E-state index is 4.30. The fourth-order valence-corrected chi connectivity index (χ4v) is 1.80. The summed E-state index contributed by atoms with van der Waals surface area (Å²) in [5.74, 6) is 1.87. The Balaban J connectivity index is 2.36. The Labute approximate surface area is 99.1 Å². The van der Waals surface area contributed by atoms with Gasteiger partial charge >= 0.3 is 0 Å². The van der Waals surface area contributed by atoms with Gasteiger partial charge in [0.15, 0.2) is 0 Å². The number of aromatic amines is 1. The zero-order valence-electron chi connectivity index (χ0n) is 10.8. The van der Waals surface area contributed by atoms with Gasteiger partial charge in [0.25, 0.3) is 0 Å². The van der Waals surface area contributed by atoms with Crippen molar-refractivity contribution >= 4 is 0 Å². The fourth-order valence-electron chi connectivity index (χ4n) is 1.80. The van der Waals surface area contributed by atoms with Crippen LogP contribution in [0.25, 0.3) is 0 Å². The van der Waals surface area contributed by atoms with Crippen LogP contribution in [-0.4, -0.2) is 22.6 Å². The van der Waals surface area contributed by atoms with E-state index >= 15 is 0 Å². The van der Waals surface area contributed by atoms with Gasteiger partial charge in [-0.25, -0.2) is 4.98 Å². The molecule has 1 atom stereocenters. The molecule has 0 aromatic carbocycles. The van der Waals surface area contributed by atoms with Crippen molar-refractivity contribution in [1.82, 2.24) is 15.3 Å². The van der Waals surface area contributed by atoms with Gasteiger partial charge in [-0.05, 0) is 31.7 Å². The summed E-state index contributed by atoms with van der Waals surface area (Å²) in [6.45, 7) is 7.87. The van der Waals surface area contributed by atoms with Gasteiger partial charge in [0, 0.05) is 24.9 Å². The first-order valence-corrected chi connectivity index (χ1v) is 6.44. The average Bonchev–Trinajstić information content (AvgIpc) is 2.74. The smallest absolute Gasteiger partial charge is 0.107 e. The standard InChI is InChI=1S/C13H25N3/c1-4-7-14-12(6-5-11(2)3)10-13-15-8-9-16-13/h8-9,11-12,14H,4-7,10H2,1-3H3,(H,15,16). The van der Waals surface area contributed by atoms with Crippen LogP contribution in [0.3, 0.4) is 0 Å². The minimum absolute atomic E-state index is 0.563. The van der Waals surface area contributed by atoms with Crippen molar-refractivity contribution in [3.05, 3.63) is 18.2 Å². The van der Waals surface area contributed by atoms with Crippen LogP contribution in [0.5, 0.6) is 0 Å². The lowest BCUT2D eigenvalue weighted by Gasteiger charge is -2.18. The van der Waals surface area contributed by atoms with E-state index in [2.05, 4.69) is 36.1 Å². The third-order valence-corrected chi connectivity index (χ3v) is 2.77. The van der Waals surface area contributed by atoms with Gasteiger partial charge < -0.3 is 10.3 Å². The van der Waals surface area contributed by atoms with Crippen LogP contribution in [0.2, 0.25) is 0 Å². The molecule has 3 nitrogen and oxygen atoms in total. The van der Waals surface area contributed by atoms with E-state index in [1.54, 1.807) is 0 Å². The first-order valence-electron chi connectivity index (χ1n) is 6.44. The Kier molecular flexibility index (Phi) is 6.16. The first-order chi connectivity index (χ1) is 7.72. The number of hydrogen-bond donors (Lipinski definition) is 2. The summed E-state index contributed by atoms with van der Waals surface area (Å²) < 4.78 is 0. The highest BCUT2D eigenvalue weighted by atomic mass is 14.9. The van der Waals surface area contributed by atoms with E-state index in [1.807, 2.05) is 12.4 Å². The van der Waals surface area contributed by atoms with Crippen LogP contribution in [0, 0.1) is 5.92 Å². The summed E-state index contributed by atoms with van der Waals surface area (Å²) in [7, 11) is 0. The second kappa shape index (κ2) is 7.44. The molecule has 92 valence electrons. The molecule has 0 spiro atoms. The number of rotatable bonds is 8. The molecule has 0 saturated carbocycles. The average molecular weight is 223 g/mol. The van der Waals surface area contributed by atoms with E-state index in [0.717, 1.165) is 24.7 Å². The normalized spacial score (nSPS) is 13.2. The molecule has 0 aliphatic rings. The molecule has 1 rings (SSSR count). The lowest BCUT2D eigenvalue weighted by Crippen LogP contribution is -2.32. The van der Waals surface area contributed by atoms with Crippen molar-refractivity contribution in [1.29, 1.82) is 0 Å². The molecule has 16 heavy (non-hydrogen) atoms. The Morgan fingerprint density at radius 1 is 1.38 bits per heavy atom. The molecule has 0 aliphatic carbocycles. The molecule has 0 saturated heterocycles. The summed E-state index contributed by atoms with van der Waals surface area (Å²) in [4.78, 5) is 7.48. The highest BCUT2D eigenvalue weighted by Gasteiger charge is 2.10. The fraction of sp³-hybridized carbons (Fsp3) is 0.769. The number of nitrogens with one attached hydrogen (secondary N) is 2. The molecule has 1 unspecified atom stereocenters. The van der Waals surface area contributed by atoms with E-state index in [-0.39, 0.29) is 0 Å². The number of nitrogens with zero attached hydrogens (tertiary/aromatic N) is 1. The van der Waals surface area contributed by atoms with Crippen LogP contribution in [0.1, 0.15) is 45.9 Å². The Morgan fingerprint density at radius 3 is 2.75 bits per heavy atom. The van der Waals surface area contributed by atoms with Crippen LogP contribution in [0.15, 0.2) is 12.4 Å². The van der Waals surface area contributed by atoms with Gasteiger partial charge in [0.1, 0.15) is 5.82 Å². The highest BCUT2D eigenvalue weighted by Crippen LogP contribution is 2.09. The second-order valence-electron chi connectivity index (χ2n) is 4.86. The van der Waals surface area contributed by atoms with E-state index in [1.165, 1.54) is 19.3 Å². The Morgan fingerprint density at radius 2 is 2.19 bits per heavy atom. The van der Waals surface area contributed by atoms with Crippen molar-refractivity contribution in [2.75, 3.05) is 6.54 Å². The molecule has 0 radical (unpaired) electrons. The lowest BCUT2D eigenvalue weighted by molar-refractivity contribution is 0.423. The van der Waals surface area contributed by atoms with Gasteiger partial charge in [0.2, 0.25) is 0 Å². The maximum absolute atomic E-state index is 4.30. The number of imidazole rings is 1. The SMILES string of the molecule is CCCNC(CCC(C)C)Cc1ncc[nH]1. The maximum Gasteiger partial charge on any atom is 0.107 e. The molecule has 0 fully saturated rings. The number of aromatic nitrogens is 2. The van der Waals surface area contributed by atoms with Crippen LogP contribution in [0.4, 0.5) is 0 Å². The molecule has 3 heteroatoms. The van der Waals surface area contributed by atoms with Gasteiger partial charge in [-0.2, -0.15) is 0 Å². The lowest BCUT2D eigenvalue weighted by atomic mass is 10.0. The number of hydrogen-bond acceptors (Lipinski definition) is 2. The second-order valence-corrected chi connectivity index (χ2v) is 4.86. The van der Waals surface area contributed by atoms with Crippen molar-refractivity contribution in [2.45, 2.75) is 52.5 Å². The van der Waals surface area contributed by atoms with Crippen molar-refractivity contribution in [2.24, 2.45) is 5.92 Å². The van der Waals surface area contributed by atoms with Gasteiger partial charge in [-0.1, -0.05) is 20.8 Å². The largest absolute Gasteiger partial charge is 0.349 e. The molecule has 0 amide bonds. The quantitative estimate of drug-likeness (QED) is 0.711. The summed E-state index contributed by atoms with van der Waals surface area (Å²) in [5, 5.41) is 3.60. The summed E-state index contributed by atoms with van der Waals surface area (Å²) >= 11 is 0. The monoisotopic (exact) mass is 223 g/mol. The van der Waals surface area contributed by atoms with Crippen molar-refractivity contribution in [3.8, 4) is 0 Å². The third-order valence-electron chi connectivity index (χ3n) is 2.77. The zero-order valence-corrected chi connectivity index (χ0v) is 10.8. The first kappa shape index (κ1) is 13.2. The predicted molar refractivity (Wildman–Crippen MR) is 68.4 cm³/mol. The minimum Gasteiger partial charge on any atom is -0.349 e. The van der Waals surface area contributed by atoms with E-state index in [9.17, 15) is 0 Å². The molecule has 1 heterocycles. The Bertz CT molecular complexity index is 254. The van der Waals surface area contributed by atoms with Gasteiger partial charge in [-0.3, -0.25) is 0 Å². The summed E-state index contributed by atoms with van der Waals surface area (Å²) in [6.07, 6.45) is 8.44. The highest BCUT2D eigenvalue weighted by molar-refractivity contribution is 4.91. The molecular formula is C13H25N3. The molecule has 0 aliphatic heterocycles.